The lowest BCUT2D eigenvalue weighted by molar-refractivity contribution is -0.117. The smallest absolute Gasteiger partial charge is 0.225 e. The first-order valence-corrected chi connectivity index (χ1v) is 4.80. The van der Waals surface area contributed by atoms with Gasteiger partial charge in [0.1, 0.15) is 0 Å². The van der Waals surface area contributed by atoms with Crippen LogP contribution in [0, 0.1) is 16.7 Å². The van der Waals surface area contributed by atoms with E-state index in [1.165, 1.54) is 0 Å². The summed E-state index contributed by atoms with van der Waals surface area (Å²) in [5.41, 5.74) is 0.148. The zero-order valence-corrected chi connectivity index (χ0v) is 8.95. The van der Waals surface area contributed by atoms with Crippen LogP contribution >= 0.6 is 0 Å². The molecule has 0 radical (unpaired) electrons. The normalized spacial score (nSPS) is 10.5. The molecule has 0 saturated heterocycles. The van der Waals surface area contributed by atoms with Crippen LogP contribution in [-0.2, 0) is 4.79 Å². The summed E-state index contributed by atoms with van der Waals surface area (Å²) in [6.45, 7) is 3.50. The van der Waals surface area contributed by atoms with Crippen LogP contribution in [-0.4, -0.2) is 5.91 Å². The summed E-state index contributed by atoms with van der Waals surface area (Å²) in [5.74, 6) is -0.132. The zero-order chi connectivity index (χ0) is 11.3. The molecule has 0 aliphatic heterocycles. The van der Waals surface area contributed by atoms with E-state index in [2.05, 4.69) is 11.4 Å². The minimum Gasteiger partial charge on any atom is -0.326 e. The van der Waals surface area contributed by atoms with Crippen molar-refractivity contribution >= 4 is 11.6 Å². The van der Waals surface area contributed by atoms with E-state index in [-0.39, 0.29) is 12.3 Å². The van der Waals surface area contributed by atoms with Crippen LogP contribution in [0.2, 0.25) is 0 Å². The van der Waals surface area contributed by atoms with Crippen LogP contribution < -0.4 is 5.32 Å². The fourth-order valence-electron chi connectivity index (χ4n) is 1.17. The lowest BCUT2D eigenvalue weighted by Crippen LogP contribution is -2.20. The Morgan fingerprint density at radius 2 is 2.00 bits per heavy atom. The second-order valence-electron chi connectivity index (χ2n) is 4.09. The Labute approximate surface area is 89.7 Å². The molecule has 3 nitrogen and oxygen atoms in total. The van der Waals surface area contributed by atoms with Gasteiger partial charge in [-0.15, -0.1) is 0 Å². The van der Waals surface area contributed by atoms with Crippen molar-refractivity contribution in [2.75, 3.05) is 5.32 Å². The van der Waals surface area contributed by atoms with E-state index < -0.39 is 5.41 Å². The summed E-state index contributed by atoms with van der Waals surface area (Å²) in [6.07, 6.45) is 0.207. The fraction of sp³-hybridized carbons (Fsp3) is 0.333. The molecule has 1 aromatic carbocycles. The molecule has 78 valence electrons. The lowest BCUT2D eigenvalue weighted by atomic mass is 9.91. The van der Waals surface area contributed by atoms with Crippen molar-refractivity contribution in [3.8, 4) is 6.07 Å². The summed E-state index contributed by atoms with van der Waals surface area (Å²) in [5, 5.41) is 11.5. The van der Waals surface area contributed by atoms with Crippen molar-refractivity contribution in [2.24, 2.45) is 5.41 Å². The Morgan fingerprint density at radius 1 is 1.40 bits per heavy atom. The highest BCUT2D eigenvalue weighted by Crippen LogP contribution is 2.19. The fourth-order valence-corrected chi connectivity index (χ4v) is 1.17. The second-order valence-corrected chi connectivity index (χ2v) is 4.09. The molecule has 0 unspecified atom stereocenters. The molecular formula is C12H14N2O. The van der Waals surface area contributed by atoms with Gasteiger partial charge in [0.15, 0.2) is 0 Å². The maximum absolute atomic E-state index is 11.5. The molecule has 1 amide bonds. The highest BCUT2D eigenvalue weighted by atomic mass is 16.1. The van der Waals surface area contributed by atoms with Crippen molar-refractivity contribution < 1.29 is 4.79 Å². The first kappa shape index (κ1) is 11.3. The van der Waals surface area contributed by atoms with E-state index in [9.17, 15) is 4.79 Å². The summed E-state index contributed by atoms with van der Waals surface area (Å²) in [7, 11) is 0. The first-order chi connectivity index (χ1) is 7.03. The third-order valence-electron chi connectivity index (χ3n) is 1.96. The van der Waals surface area contributed by atoms with E-state index in [1.54, 1.807) is 13.8 Å². The van der Waals surface area contributed by atoms with Gasteiger partial charge in [0.2, 0.25) is 5.91 Å². The largest absolute Gasteiger partial charge is 0.326 e. The molecule has 1 aromatic rings. The van der Waals surface area contributed by atoms with Gasteiger partial charge in [0.05, 0.1) is 11.5 Å². The van der Waals surface area contributed by atoms with Crippen LogP contribution in [0.5, 0.6) is 0 Å². The molecular weight excluding hydrogens is 188 g/mol. The Morgan fingerprint density at radius 3 is 2.53 bits per heavy atom. The van der Waals surface area contributed by atoms with Gasteiger partial charge in [0, 0.05) is 12.1 Å². The van der Waals surface area contributed by atoms with Crippen molar-refractivity contribution in [3.05, 3.63) is 30.3 Å². The minimum atomic E-state index is -0.612. The highest BCUT2D eigenvalue weighted by molar-refractivity contribution is 5.91. The van der Waals surface area contributed by atoms with Crippen molar-refractivity contribution in [2.45, 2.75) is 20.3 Å². The maximum Gasteiger partial charge on any atom is 0.225 e. The highest BCUT2D eigenvalue weighted by Gasteiger charge is 2.21. The molecule has 1 N–H and O–H groups in total. The van der Waals surface area contributed by atoms with Crippen LogP contribution in [0.1, 0.15) is 20.3 Å². The van der Waals surface area contributed by atoms with E-state index >= 15 is 0 Å². The van der Waals surface area contributed by atoms with Gasteiger partial charge < -0.3 is 5.32 Å². The van der Waals surface area contributed by atoms with E-state index in [0.29, 0.717) is 0 Å². The van der Waals surface area contributed by atoms with Crippen LogP contribution in [0.3, 0.4) is 0 Å². The molecule has 0 aliphatic carbocycles. The number of nitrogens with zero attached hydrogens (tertiary/aromatic N) is 1. The number of nitrogens with one attached hydrogen (secondary N) is 1. The number of rotatable bonds is 3. The number of carbonyl (C=O) groups excluding carboxylic acids is 1. The second kappa shape index (κ2) is 4.61. The minimum absolute atomic E-state index is 0.132. The third kappa shape index (κ3) is 3.82. The third-order valence-corrected chi connectivity index (χ3v) is 1.96. The number of amides is 1. The van der Waals surface area contributed by atoms with Gasteiger partial charge in [-0.05, 0) is 26.0 Å². The quantitative estimate of drug-likeness (QED) is 0.818. The Bertz CT molecular complexity index is 376. The van der Waals surface area contributed by atoms with Gasteiger partial charge >= 0.3 is 0 Å². The number of benzene rings is 1. The number of anilines is 1. The summed E-state index contributed by atoms with van der Waals surface area (Å²) >= 11 is 0. The average Bonchev–Trinajstić information content (AvgIpc) is 2.18. The van der Waals surface area contributed by atoms with Crippen LogP contribution in [0.4, 0.5) is 5.69 Å². The first-order valence-electron chi connectivity index (χ1n) is 4.80. The van der Waals surface area contributed by atoms with Crippen molar-refractivity contribution in [1.29, 1.82) is 5.26 Å². The monoisotopic (exact) mass is 202 g/mol. The summed E-state index contributed by atoms with van der Waals surface area (Å²) in [4.78, 5) is 11.5. The van der Waals surface area contributed by atoms with E-state index in [4.69, 9.17) is 5.26 Å². The molecule has 3 heteroatoms. The van der Waals surface area contributed by atoms with E-state index in [0.717, 1.165) is 5.69 Å². The van der Waals surface area contributed by atoms with Crippen LogP contribution in [0.15, 0.2) is 30.3 Å². The molecule has 0 saturated carbocycles. The topological polar surface area (TPSA) is 52.9 Å². The Kier molecular flexibility index (Phi) is 3.46. The van der Waals surface area contributed by atoms with Crippen LogP contribution in [0.25, 0.3) is 0 Å². The standard InChI is InChI=1S/C12H14N2O/c1-12(2,9-13)8-11(15)14-10-6-4-3-5-7-10/h3-7H,8H2,1-2H3,(H,14,15). The number of hydrogen-bond donors (Lipinski definition) is 1. The Hall–Kier alpha value is -1.82. The molecule has 0 bridgehead atoms. The van der Waals surface area contributed by atoms with Gasteiger partial charge in [-0.1, -0.05) is 18.2 Å². The predicted molar refractivity (Wildman–Crippen MR) is 59.1 cm³/mol. The number of para-hydroxylation sites is 1. The molecule has 0 aromatic heterocycles. The zero-order valence-electron chi connectivity index (χ0n) is 8.95. The van der Waals surface area contributed by atoms with Crippen molar-refractivity contribution in [1.82, 2.24) is 0 Å². The summed E-state index contributed by atoms with van der Waals surface area (Å²) < 4.78 is 0. The Balaban J connectivity index is 2.55. The predicted octanol–water partition coefficient (Wildman–Crippen LogP) is 2.56. The van der Waals surface area contributed by atoms with Gasteiger partial charge in [-0.3, -0.25) is 4.79 Å². The molecule has 0 heterocycles. The SMILES string of the molecule is CC(C)(C#N)CC(=O)Nc1ccccc1. The lowest BCUT2D eigenvalue weighted by Gasteiger charge is -2.14. The molecule has 15 heavy (non-hydrogen) atoms. The number of nitriles is 1. The molecule has 0 fully saturated rings. The van der Waals surface area contributed by atoms with Gasteiger partial charge in [0.25, 0.3) is 0 Å². The van der Waals surface area contributed by atoms with Gasteiger partial charge in [-0.2, -0.15) is 5.26 Å². The van der Waals surface area contributed by atoms with E-state index in [1.807, 2.05) is 30.3 Å². The maximum atomic E-state index is 11.5. The molecule has 0 atom stereocenters. The summed E-state index contributed by atoms with van der Waals surface area (Å²) in [6, 6.07) is 11.3. The molecule has 0 spiro atoms. The molecule has 1 rings (SSSR count). The number of carbonyl (C=O) groups is 1. The average molecular weight is 202 g/mol. The molecule has 0 aliphatic rings. The van der Waals surface area contributed by atoms with Gasteiger partial charge in [-0.25, -0.2) is 0 Å². The van der Waals surface area contributed by atoms with Crippen molar-refractivity contribution in [3.63, 3.8) is 0 Å². The number of hydrogen-bond acceptors (Lipinski definition) is 2.